The first-order valence-corrected chi connectivity index (χ1v) is 7.69. The van der Waals surface area contributed by atoms with E-state index in [0.717, 1.165) is 18.9 Å². The maximum atomic E-state index is 13.6. The number of rotatable bonds is 3. The number of nitrogens with one attached hydrogen (secondary N) is 3. The van der Waals surface area contributed by atoms with Gasteiger partial charge in [0, 0.05) is 6.04 Å². The Morgan fingerprint density at radius 1 is 1.25 bits per heavy atom. The van der Waals surface area contributed by atoms with E-state index in [-0.39, 0.29) is 17.3 Å². The van der Waals surface area contributed by atoms with Crippen LogP contribution in [0.1, 0.15) is 44.0 Å². The molecule has 1 aliphatic carbocycles. The van der Waals surface area contributed by atoms with Crippen LogP contribution in [0.3, 0.4) is 0 Å². The Kier molecular flexibility index (Phi) is 5.17. The molecule has 9 heteroatoms. The average molecular weight is 362 g/mol. The molecule has 3 N–H and O–H groups in total. The van der Waals surface area contributed by atoms with Crippen LogP contribution >= 0.6 is 11.6 Å². The van der Waals surface area contributed by atoms with E-state index in [1.54, 1.807) is 20.8 Å². The Bertz CT molecular complexity index is 673. The zero-order chi connectivity index (χ0) is 18.1. The second kappa shape index (κ2) is 6.80. The summed E-state index contributed by atoms with van der Waals surface area (Å²) in [4.78, 5) is 23.7. The smallest absolute Gasteiger partial charge is 0.426 e. The molecule has 1 fully saturated rings. The lowest BCUT2D eigenvalue weighted by atomic mass is 10.1. The third kappa shape index (κ3) is 4.70. The fourth-order valence-electron chi connectivity index (χ4n) is 1.83. The normalized spacial score (nSPS) is 14.1. The minimum absolute atomic E-state index is 0.0124. The lowest BCUT2D eigenvalue weighted by molar-refractivity contribution is 0.0483. The summed E-state index contributed by atoms with van der Waals surface area (Å²) in [5.41, 5.74) is 3.13. The maximum Gasteiger partial charge on any atom is 0.426 e. The van der Waals surface area contributed by atoms with Gasteiger partial charge in [0.1, 0.15) is 10.6 Å². The summed E-state index contributed by atoms with van der Waals surface area (Å²) in [6.07, 6.45) is 0.792. The molecular formula is C15H18ClF2N3O3. The molecule has 24 heavy (non-hydrogen) atoms. The zero-order valence-electron chi connectivity index (χ0n) is 13.4. The van der Waals surface area contributed by atoms with E-state index < -0.39 is 34.3 Å². The number of anilines is 1. The zero-order valence-corrected chi connectivity index (χ0v) is 14.2. The highest BCUT2D eigenvalue weighted by Crippen LogP contribution is 2.35. The van der Waals surface area contributed by atoms with Crippen LogP contribution in [0.2, 0.25) is 5.02 Å². The second-order valence-electron chi connectivity index (χ2n) is 6.41. The van der Waals surface area contributed by atoms with Gasteiger partial charge in [0.2, 0.25) is 0 Å². The summed E-state index contributed by atoms with van der Waals surface area (Å²) in [5, 5.41) is 2.37. The summed E-state index contributed by atoms with van der Waals surface area (Å²) < 4.78 is 32.2. The van der Waals surface area contributed by atoms with E-state index in [4.69, 9.17) is 16.3 Å². The van der Waals surface area contributed by atoms with Crippen molar-refractivity contribution < 1.29 is 23.1 Å². The predicted octanol–water partition coefficient (Wildman–Crippen LogP) is 3.36. The lowest BCUT2D eigenvalue weighted by Crippen LogP contribution is -2.44. The molecule has 0 aromatic heterocycles. The highest BCUT2D eigenvalue weighted by molar-refractivity contribution is 6.34. The van der Waals surface area contributed by atoms with Gasteiger partial charge in [-0.1, -0.05) is 11.6 Å². The monoisotopic (exact) mass is 361 g/mol. The minimum atomic E-state index is -1.26. The SMILES string of the molecule is CC(C)(C)OC(=O)NNC(=O)c1cc(F)c(F)c(Cl)c1NC1CC1. The van der Waals surface area contributed by atoms with E-state index in [2.05, 4.69) is 10.7 Å². The van der Waals surface area contributed by atoms with Crippen molar-refractivity contribution in [3.63, 3.8) is 0 Å². The number of carbonyl (C=O) groups excluding carboxylic acids is 2. The van der Waals surface area contributed by atoms with Gasteiger partial charge in [-0.3, -0.25) is 10.2 Å². The van der Waals surface area contributed by atoms with Crippen LogP contribution in [0.5, 0.6) is 0 Å². The largest absolute Gasteiger partial charge is 0.443 e. The number of ether oxygens (including phenoxy) is 1. The molecule has 0 aliphatic heterocycles. The highest BCUT2D eigenvalue weighted by atomic mass is 35.5. The quantitative estimate of drug-likeness (QED) is 0.569. The van der Waals surface area contributed by atoms with Gasteiger partial charge >= 0.3 is 6.09 Å². The van der Waals surface area contributed by atoms with Crippen LogP contribution in [-0.2, 0) is 4.74 Å². The van der Waals surface area contributed by atoms with Gasteiger partial charge in [-0.15, -0.1) is 0 Å². The first kappa shape index (κ1) is 18.3. The lowest BCUT2D eigenvalue weighted by Gasteiger charge is -2.20. The van der Waals surface area contributed by atoms with Crippen molar-refractivity contribution in [1.29, 1.82) is 0 Å². The van der Waals surface area contributed by atoms with Crippen molar-refractivity contribution in [1.82, 2.24) is 10.9 Å². The number of hydrogen-bond acceptors (Lipinski definition) is 4. The van der Waals surface area contributed by atoms with Gasteiger partial charge in [0.15, 0.2) is 11.6 Å². The number of hydrazine groups is 1. The molecule has 2 amide bonds. The maximum absolute atomic E-state index is 13.6. The Hall–Kier alpha value is -2.09. The van der Waals surface area contributed by atoms with Crippen LogP contribution in [0.4, 0.5) is 19.3 Å². The van der Waals surface area contributed by atoms with Crippen molar-refractivity contribution in [2.24, 2.45) is 0 Å². The van der Waals surface area contributed by atoms with Crippen molar-refractivity contribution >= 4 is 29.3 Å². The summed E-state index contributed by atoms with van der Waals surface area (Å²) in [6, 6.07) is 0.774. The molecule has 6 nitrogen and oxygen atoms in total. The van der Waals surface area contributed by atoms with E-state index in [1.807, 2.05) is 5.43 Å². The number of amides is 2. The standard InChI is InChI=1S/C15H18ClF2N3O3/c1-15(2,3)24-14(23)21-20-13(22)8-6-9(17)11(18)10(16)12(8)19-7-4-5-7/h6-7,19H,4-5H2,1-3H3,(H,20,22)(H,21,23). The van der Waals surface area contributed by atoms with Gasteiger partial charge in [0.25, 0.3) is 5.91 Å². The fraction of sp³-hybridized carbons (Fsp3) is 0.467. The molecule has 0 atom stereocenters. The van der Waals surface area contributed by atoms with E-state index in [9.17, 15) is 18.4 Å². The van der Waals surface area contributed by atoms with Crippen LogP contribution in [0.15, 0.2) is 6.07 Å². The van der Waals surface area contributed by atoms with Crippen molar-refractivity contribution in [2.45, 2.75) is 45.3 Å². The highest BCUT2D eigenvalue weighted by Gasteiger charge is 2.28. The van der Waals surface area contributed by atoms with E-state index in [0.29, 0.717) is 0 Å². The number of carbonyl (C=O) groups is 2. The molecule has 1 saturated carbocycles. The molecule has 1 aromatic carbocycles. The molecule has 0 unspecified atom stereocenters. The minimum Gasteiger partial charge on any atom is -0.443 e. The Morgan fingerprint density at radius 3 is 2.42 bits per heavy atom. The molecule has 1 aliphatic rings. The molecule has 0 spiro atoms. The third-order valence-corrected chi connectivity index (χ3v) is 3.36. The summed E-state index contributed by atoms with van der Waals surface area (Å²) in [6.45, 7) is 4.96. The van der Waals surface area contributed by atoms with E-state index >= 15 is 0 Å². The topological polar surface area (TPSA) is 79.5 Å². The second-order valence-corrected chi connectivity index (χ2v) is 6.79. The van der Waals surface area contributed by atoms with Crippen LogP contribution in [0.25, 0.3) is 0 Å². The van der Waals surface area contributed by atoms with Crippen LogP contribution < -0.4 is 16.2 Å². The third-order valence-electron chi connectivity index (χ3n) is 3.01. The van der Waals surface area contributed by atoms with Crippen LogP contribution in [-0.4, -0.2) is 23.6 Å². The Balaban J connectivity index is 2.14. The summed E-state index contributed by atoms with van der Waals surface area (Å²) in [5.74, 6) is -3.36. The van der Waals surface area contributed by atoms with Crippen molar-refractivity contribution in [3.05, 3.63) is 28.3 Å². The van der Waals surface area contributed by atoms with Gasteiger partial charge in [-0.25, -0.2) is 19.0 Å². The molecule has 2 rings (SSSR count). The molecule has 0 radical (unpaired) electrons. The predicted molar refractivity (Wildman–Crippen MR) is 84.8 cm³/mol. The summed E-state index contributed by atoms with van der Waals surface area (Å²) >= 11 is 5.80. The Labute approximate surface area is 142 Å². The number of hydrogen-bond donors (Lipinski definition) is 3. The molecule has 0 heterocycles. The van der Waals surface area contributed by atoms with Crippen molar-refractivity contribution in [3.8, 4) is 0 Å². The van der Waals surface area contributed by atoms with Crippen molar-refractivity contribution in [2.75, 3.05) is 5.32 Å². The number of halogens is 3. The average Bonchev–Trinajstić information content (AvgIpc) is 3.27. The first-order chi connectivity index (χ1) is 11.1. The Morgan fingerprint density at radius 2 is 1.88 bits per heavy atom. The van der Waals surface area contributed by atoms with Crippen LogP contribution in [0, 0.1) is 11.6 Å². The first-order valence-electron chi connectivity index (χ1n) is 7.32. The molecule has 0 bridgehead atoms. The molecule has 1 aromatic rings. The van der Waals surface area contributed by atoms with Gasteiger partial charge in [0.05, 0.1) is 11.3 Å². The van der Waals surface area contributed by atoms with Gasteiger partial charge in [-0.2, -0.15) is 0 Å². The molecule has 0 saturated heterocycles. The number of benzene rings is 1. The molecule has 132 valence electrons. The van der Waals surface area contributed by atoms with Gasteiger partial charge in [-0.05, 0) is 39.7 Å². The van der Waals surface area contributed by atoms with Gasteiger partial charge < -0.3 is 10.1 Å². The van der Waals surface area contributed by atoms with E-state index in [1.165, 1.54) is 0 Å². The fourth-order valence-corrected chi connectivity index (χ4v) is 2.07. The molecular weight excluding hydrogens is 344 g/mol. The summed E-state index contributed by atoms with van der Waals surface area (Å²) in [7, 11) is 0.